The minimum atomic E-state index is -0.108. The van der Waals surface area contributed by atoms with E-state index >= 15 is 0 Å². The Hall–Kier alpha value is -4.06. The van der Waals surface area contributed by atoms with E-state index in [0.29, 0.717) is 34.8 Å². The number of allylic oxidation sites excluding steroid dienone is 1. The zero-order valence-corrected chi connectivity index (χ0v) is 18.8. The molecule has 0 N–H and O–H groups in total. The SMILES string of the molecule is C=CCc1ccc(OCCn2c(-c3ccc(OC)cc3)nc3ccccc3c2=O)c(OC)c1. The summed E-state index contributed by atoms with van der Waals surface area (Å²) < 4.78 is 18.4. The molecule has 0 unspecified atom stereocenters. The first-order chi connectivity index (χ1) is 16.1. The maximum atomic E-state index is 13.3. The van der Waals surface area contributed by atoms with Crippen LogP contribution in [0.4, 0.5) is 0 Å². The molecule has 0 atom stereocenters. The van der Waals surface area contributed by atoms with Crippen molar-refractivity contribution in [3.63, 3.8) is 0 Å². The highest BCUT2D eigenvalue weighted by Gasteiger charge is 2.14. The van der Waals surface area contributed by atoms with Crippen LogP contribution in [-0.2, 0) is 13.0 Å². The van der Waals surface area contributed by atoms with Crippen LogP contribution < -0.4 is 19.8 Å². The molecule has 1 aromatic heterocycles. The highest BCUT2D eigenvalue weighted by Crippen LogP contribution is 2.28. The standard InChI is InChI=1S/C27H26N2O4/c1-4-7-19-10-15-24(25(18-19)32-3)33-17-16-29-26(20-11-13-21(31-2)14-12-20)28-23-9-6-5-8-22(23)27(29)30/h4-6,8-15,18H,1,7,16-17H2,2-3H3. The fraction of sp³-hybridized carbons (Fsp3) is 0.185. The molecule has 4 aromatic rings. The number of ether oxygens (including phenoxy) is 3. The minimum Gasteiger partial charge on any atom is -0.497 e. The summed E-state index contributed by atoms with van der Waals surface area (Å²) in [4.78, 5) is 18.1. The minimum absolute atomic E-state index is 0.108. The van der Waals surface area contributed by atoms with Gasteiger partial charge in [-0.15, -0.1) is 6.58 Å². The van der Waals surface area contributed by atoms with Gasteiger partial charge in [-0.05, 0) is 60.5 Å². The lowest BCUT2D eigenvalue weighted by atomic mass is 10.1. The van der Waals surface area contributed by atoms with Crippen molar-refractivity contribution in [2.45, 2.75) is 13.0 Å². The molecule has 6 heteroatoms. The van der Waals surface area contributed by atoms with Crippen molar-refractivity contribution in [1.82, 2.24) is 9.55 Å². The number of para-hydroxylation sites is 1. The Labute approximate surface area is 192 Å². The third-order valence-corrected chi connectivity index (χ3v) is 5.39. The van der Waals surface area contributed by atoms with Crippen LogP contribution in [0.1, 0.15) is 5.56 Å². The zero-order chi connectivity index (χ0) is 23.2. The van der Waals surface area contributed by atoms with E-state index in [4.69, 9.17) is 19.2 Å². The molecule has 1 heterocycles. The predicted octanol–water partition coefficient (Wildman–Crippen LogP) is 4.89. The highest BCUT2D eigenvalue weighted by atomic mass is 16.5. The molecule has 0 saturated carbocycles. The Morgan fingerprint density at radius 3 is 2.48 bits per heavy atom. The van der Waals surface area contributed by atoms with E-state index in [1.807, 2.05) is 66.7 Å². The number of aromatic nitrogens is 2. The van der Waals surface area contributed by atoms with E-state index in [9.17, 15) is 4.79 Å². The summed E-state index contributed by atoms with van der Waals surface area (Å²) in [5, 5.41) is 0.570. The maximum absolute atomic E-state index is 13.3. The van der Waals surface area contributed by atoms with Gasteiger partial charge in [0.05, 0.1) is 31.7 Å². The first-order valence-corrected chi connectivity index (χ1v) is 10.7. The van der Waals surface area contributed by atoms with Crippen molar-refractivity contribution in [1.29, 1.82) is 0 Å². The molecule has 6 nitrogen and oxygen atoms in total. The van der Waals surface area contributed by atoms with Crippen LogP contribution >= 0.6 is 0 Å². The highest BCUT2D eigenvalue weighted by molar-refractivity contribution is 5.79. The van der Waals surface area contributed by atoms with Gasteiger partial charge >= 0.3 is 0 Å². The van der Waals surface area contributed by atoms with E-state index in [1.165, 1.54) is 0 Å². The van der Waals surface area contributed by atoms with Crippen molar-refractivity contribution in [3.8, 4) is 28.6 Å². The predicted molar refractivity (Wildman–Crippen MR) is 130 cm³/mol. The second-order valence-corrected chi connectivity index (χ2v) is 7.46. The lowest BCUT2D eigenvalue weighted by Crippen LogP contribution is -2.26. The number of fused-ring (bicyclic) bond motifs is 1. The monoisotopic (exact) mass is 442 g/mol. The molecule has 0 amide bonds. The summed E-state index contributed by atoms with van der Waals surface area (Å²) in [6, 6.07) is 20.7. The van der Waals surface area contributed by atoms with Crippen molar-refractivity contribution in [2.24, 2.45) is 0 Å². The van der Waals surface area contributed by atoms with Gasteiger partial charge in [0, 0.05) is 5.56 Å². The van der Waals surface area contributed by atoms with E-state index in [2.05, 4.69) is 6.58 Å². The molecular weight excluding hydrogens is 416 g/mol. The summed E-state index contributed by atoms with van der Waals surface area (Å²) in [5.74, 6) is 2.59. The fourth-order valence-electron chi connectivity index (χ4n) is 3.71. The molecule has 33 heavy (non-hydrogen) atoms. The average molecular weight is 443 g/mol. The Kier molecular flexibility index (Phi) is 6.74. The molecule has 0 aliphatic rings. The van der Waals surface area contributed by atoms with Crippen molar-refractivity contribution in [2.75, 3.05) is 20.8 Å². The first kappa shape index (κ1) is 22.1. The second kappa shape index (κ2) is 10.0. The summed E-state index contributed by atoms with van der Waals surface area (Å²) in [6.07, 6.45) is 2.59. The van der Waals surface area contributed by atoms with Crippen LogP contribution in [0.25, 0.3) is 22.3 Å². The van der Waals surface area contributed by atoms with E-state index in [-0.39, 0.29) is 12.2 Å². The molecule has 168 valence electrons. The van der Waals surface area contributed by atoms with Crippen LogP contribution in [-0.4, -0.2) is 30.4 Å². The van der Waals surface area contributed by atoms with E-state index in [0.717, 1.165) is 23.3 Å². The number of hydrogen-bond donors (Lipinski definition) is 0. The van der Waals surface area contributed by atoms with Crippen LogP contribution in [0.3, 0.4) is 0 Å². The third-order valence-electron chi connectivity index (χ3n) is 5.39. The molecule has 0 radical (unpaired) electrons. The normalized spacial score (nSPS) is 10.7. The lowest BCUT2D eigenvalue weighted by Gasteiger charge is -2.16. The van der Waals surface area contributed by atoms with Gasteiger partial charge in [-0.1, -0.05) is 24.3 Å². The van der Waals surface area contributed by atoms with Gasteiger partial charge in [-0.25, -0.2) is 4.98 Å². The largest absolute Gasteiger partial charge is 0.497 e. The lowest BCUT2D eigenvalue weighted by molar-refractivity contribution is 0.278. The zero-order valence-electron chi connectivity index (χ0n) is 18.8. The van der Waals surface area contributed by atoms with Gasteiger partial charge in [0.15, 0.2) is 11.5 Å². The number of rotatable bonds is 9. The fourth-order valence-corrected chi connectivity index (χ4v) is 3.71. The summed E-state index contributed by atoms with van der Waals surface area (Å²) in [5.41, 5.74) is 2.46. The summed E-state index contributed by atoms with van der Waals surface area (Å²) >= 11 is 0. The molecular formula is C27H26N2O4. The first-order valence-electron chi connectivity index (χ1n) is 10.7. The molecule has 0 bridgehead atoms. The number of benzene rings is 3. The van der Waals surface area contributed by atoms with Gasteiger partial charge in [0.1, 0.15) is 18.2 Å². The average Bonchev–Trinajstić information content (AvgIpc) is 2.86. The van der Waals surface area contributed by atoms with Gasteiger partial charge in [0.2, 0.25) is 0 Å². The summed E-state index contributed by atoms with van der Waals surface area (Å²) in [6.45, 7) is 4.38. The smallest absolute Gasteiger partial charge is 0.261 e. The molecule has 0 fully saturated rings. The van der Waals surface area contributed by atoms with Gasteiger partial charge < -0.3 is 14.2 Å². The van der Waals surface area contributed by atoms with Crippen LogP contribution in [0.5, 0.6) is 17.2 Å². The number of nitrogens with zero attached hydrogens (tertiary/aromatic N) is 2. The van der Waals surface area contributed by atoms with Crippen molar-refractivity contribution in [3.05, 3.63) is 95.3 Å². The summed E-state index contributed by atoms with van der Waals surface area (Å²) in [7, 11) is 3.23. The third kappa shape index (κ3) is 4.75. The van der Waals surface area contributed by atoms with E-state index < -0.39 is 0 Å². The molecule has 0 aliphatic heterocycles. The molecule has 4 rings (SSSR count). The van der Waals surface area contributed by atoms with Crippen LogP contribution in [0.15, 0.2) is 84.2 Å². The molecule has 3 aromatic carbocycles. The van der Waals surface area contributed by atoms with Crippen LogP contribution in [0.2, 0.25) is 0 Å². The van der Waals surface area contributed by atoms with Gasteiger partial charge in [0.25, 0.3) is 5.56 Å². The Balaban J connectivity index is 1.66. The van der Waals surface area contributed by atoms with Crippen LogP contribution in [0, 0.1) is 0 Å². The Morgan fingerprint density at radius 2 is 1.76 bits per heavy atom. The van der Waals surface area contributed by atoms with Crippen molar-refractivity contribution >= 4 is 10.9 Å². The van der Waals surface area contributed by atoms with Gasteiger partial charge in [-0.3, -0.25) is 9.36 Å². The maximum Gasteiger partial charge on any atom is 0.261 e. The number of methoxy groups -OCH3 is 2. The molecule has 0 saturated heterocycles. The van der Waals surface area contributed by atoms with Crippen molar-refractivity contribution < 1.29 is 14.2 Å². The Morgan fingerprint density at radius 1 is 0.970 bits per heavy atom. The second-order valence-electron chi connectivity index (χ2n) is 7.46. The Bertz CT molecular complexity index is 1330. The quantitative estimate of drug-likeness (QED) is 0.346. The molecule has 0 aliphatic carbocycles. The molecule has 0 spiro atoms. The van der Waals surface area contributed by atoms with E-state index in [1.54, 1.807) is 24.9 Å². The topological polar surface area (TPSA) is 62.6 Å². The number of hydrogen-bond acceptors (Lipinski definition) is 5. The van der Waals surface area contributed by atoms with Gasteiger partial charge in [-0.2, -0.15) is 0 Å².